The van der Waals surface area contributed by atoms with Crippen molar-refractivity contribution in [2.24, 2.45) is 0 Å². The first-order chi connectivity index (χ1) is 6.39. The molecule has 0 fully saturated rings. The van der Waals surface area contributed by atoms with Gasteiger partial charge in [-0.2, -0.15) is 11.8 Å². The van der Waals surface area contributed by atoms with Crippen LogP contribution in [0.3, 0.4) is 0 Å². The average molecular weight is 215 g/mol. The van der Waals surface area contributed by atoms with Gasteiger partial charge in [0, 0.05) is 16.5 Å². The molecule has 0 aliphatic carbocycles. The van der Waals surface area contributed by atoms with Crippen LogP contribution in [-0.2, 0) is 0 Å². The molecule has 1 nitrogen and oxygen atoms in total. The number of hydrogen-bond acceptors (Lipinski definition) is 2. The van der Waals surface area contributed by atoms with E-state index in [2.05, 4.69) is 39.6 Å². The van der Waals surface area contributed by atoms with Gasteiger partial charge in [0.25, 0.3) is 0 Å². The summed E-state index contributed by atoms with van der Waals surface area (Å²) in [5.74, 6) is 1.17. The van der Waals surface area contributed by atoms with Crippen LogP contribution in [0, 0.1) is 0 Å². The van der Waals surface area contributed by atoms with Crippen LogP contribution in [0.5, 0.6) is 0 Å². The van der Waals surface area contributed by atoms with Crippen molar-refractivity contribution in [1.82, 2.24) is 5.32 Å². The summed E-state index contributed by atoms with van der Waals surface area (Å²) in [5.41, 5.74) is 1.35. The van der Waals surface area contributed by atoms with Crippen LogP contribution in [-0.4, -0.2) is 23.6 Å². The molecule has 2 heteroatoms. The largest absolute Gasteiger partial charge is 0.316 e. The van der Waals surface area contributed by atoms with E-state index < -0.39 is 0 Å². The second-order valence-electron chi connectivity index (χ2n) is 4.72. The third-order valence-electron chi connectivity index (χ3n) is 2.16. The van der Waals surface area contributed by atoms with Crippen molar-refractivity contribution < 1.29 is 0 Å². The quantitative estimate of drug-likeness (QED) is 0.681. The summed E-state index contributed by atoms with van der Waals surface area (Å²) in [6, 6.07) is 0.576. The highest BCUT2D eigenvalue weighted by Crippen LogP contribution is 2.25. The van der Waals surface area contributed by atoms with Crippen LogP contribution in [0.1, 0.15) is 40.5 Å². The molecular weight excluding hydrogens is 190 g/mol. The van der Waals surface area contributed by atoms with Gasteiger partial charge in [-0.25, -0.2) is 0 Å². The molecule has 0 amide bonds. The summed E-state index contributed by atoms with van der Waals surface area (Å²) in [6.07, 6.45) is 2.20. The van der Waals surface area contributed by atoms with E-state index in [1.165, 1.54) is 11.3 Å². The summed E-state index contributed by atoms with van der Waals surface area (Å²) < 4.78 is 0.364. The number of nitrogens with one attached hydrogen (secondary N) is 1. The first-order valence-electron chi connectivity index (χ1n) is 5.37. The van der Waals surface area contributed by atoms with Gasteiger partial charge in [-0.1, -0.05) is 39.8 Å². The lowest BCUT2D eigenvalue weighted by molar-refractivity contribution is 0.604. The van der Waals surface area contributed by atoms with E-state index in [4.69, 9.17) is 0 Å². The van der Waals surface area contributed by atoms with Gasteiger partial charge in [-0.3, -0.25) is 0 Å². The number of rotatable bonds is 6. The first-order valence-corrected chi connectivity index (χ1v) is 6.35. The van der Waals surface area contributed by atoms with Crippen molar-refractivity contribution in [3.8, 4) is 0 Å². The molecule has 0 aliphatic rings. The normalized spacial score (nSPS) is 14.1. The zero-order chi connectivity index (χ0) is 11.2. The van der Waals surface area contributed by atoms with E-state index in [0.29, 0.717) is 10.8 Å². The van der Waals surface area contributed by atoms with Gasteiger partial charge in [0.2, 0.25) is 0 Å². The minimum absolute atomic E-state index is 0.364. The van der Waals surface area contributed by atoms with Crippen LogP contribution >= 0.6 is 11.8 Å². The molecule has 0 aromatic carbocycles. The molecule has 0 bridgehead atoms. The molecule has 1 atom stereocenters. The molecule has 0 saturated heterocycles. The van der Waals surface area contributed by atoms with Crippen molar-refractivity contribution in [3.63, 3.8) is 0 Å². The molecule has 1 unspecified atom stereocenters. The molecule has 84 valence electrons. The Morgan fingerprint density at radius 2 is 2.00 bits per heavy atom. The summed E-state index contributed by atoms with van der Waals surface area (Å²) in [7, 11) is 2.04. The minimum Gasteiger partial charge on any atom is -0.316 e. The Balaban J connectivity index is 3.86. The molecule has 14 heavy (non-hydrogen) atoms. The Morgan fingerprint density at radius 3 is 2.36 bits per heavy atom. The summed E-state index contributed by atoms with van der Waals surface area (Å²) in [6.45, 7) is 13.0. The van der Waals surface area contributed by atoms with E-state index in [9.17, 15) is 0 Å². The highest BCUT2D eigenvalue weighted by atomic mass is 32.2. The van der Waals surface area contributed by atoms with E-state index >= 15 is 0 Å². The molecule has 1 N–H and O–H groups in total. The third kappa shape index (κ3) is 7.45. The Bertz CT molecular complexity index is 170. The molecule has 0 aliphatic heterocycles. The lowest BCUT2D eigenvalue weighted by Crippen LogP contribution is -2.29. The van der Waals surface area contributed by atoms with Crippen LogP contribution in [0.15, 0.2) is 12.2 Å². The van der Waals surface area contributed by atoms with Crippen molar-refractivity contribution in [2.75, 3.05) is 12.8 Å². The predicted molar refractivity (Wildman–Crippen MR) is 69.1 cm³/mol. The Hall–Kier alpha value is 0.0500. The second-order valence-corrected chi connectivity index (χ2v) is 6.56. The maximum absolute atomic E-state index is 4.06. The number of thioether (sulfide) groups is 1. The maximum Gasteiger partial charge on any atom is 0.0192 e. The molecule has 0 heterocycles. The van der Waals surface area contributed by atoms with Crippen LogP contribution in [0.2, 0.25) is 0 Å². The highest BCUT2D eigenvalue weighted by Gasteiger charge is 2.14. The van der Waals surface area contributed by atoms with Gasteiger partial charge in [0.15, 0.2) is 0 Å². The fourth-order valence-electron chi connectivity index (χ4n) is 1.09. The summed E-state index contributed by atoms with van der Waals surface area (Å²) in [5, 5.41) is 3.36. The van der Waals surface area contributed by atoms with Crippen LogP contribution in [0.4, 0.5) is 0 Å². The molecule has 0 aromatic rings. The second kappa shape index (κ2) is 6.52. The Kier molecular flexibility index (Phi) is 6.54. The zero-order valence-electron chi connectivity index (χ0n) is 10.3. The minimum atomic E-state index is 0.364. The fraction of sp³-hybridized carbons (Fsp3) is 0.833. The summed E-state index contributed by atoms with van der Waals surface area (Å²) in [4.78, 5) is 0. The molecule has 0 spiro atoms. The van der Waals surface area contributed by atoms with E-state index in [1.807, 2.05) is 18.8 Å². The standard InChI is InChI=1S/C12H25NS/c1-7-10(2)8-11(13-6)9-14-12(3,4)5/h11,13H,2,7-9H2,1,3-6H3. The molecule has 0 rings (SSSR count). The third-order valence-corrected chi connectivity index (χ3v) is 3.60. The van der Waals surface area contributed by atoms with Crippen molar-refractivity contribution >= 4 is 11.8 Å². The highest BCUT2D eigenvalue weighted by molar-refractivity contribution is 8.00. The monoisotopic (exact) mass is 215 g/mol. The van der Waals surface area contributed by atoms with Gasteiger partial charge in [-0.15, -0.1) is 0 Å². The SMILES string of the molecule is C=C(CC)CC(CSC(C)(C)C)NC. The topological polar surface area (TPSA) is 12.0 Å². The van der Waals surface area contributed by atoms with Gasteiger partial charge >= 0.3 is 0 Å². The molecule has 0 radical (unpaired) electrons. The summed E-state index contributed by atoms with van der Waals surface area (Å²) >= 11 is 2.02. The molecule has 0 saturated carbocycles. The van der Waals surface area contributed by atoms with E-state index in [1.54, 1.807) is 0 Å². The average Bonchev–Trinajstić information content (AvgIpc) is 2.10. The molecule has 0 aromatic heterocycles. The lowest BCUT2D eigenvalue weighted by atomic mass is 10.1. The van der Waals surface area contributed by atoms with Crippen molar-refractivity contribution in [3.05, 3.63) is 12.2 Å². The first kappa shape index (κ1) is 14.1. The Morgan fingerprint density at radius 1 is 1.43 bits per heavy atom. The zero-order valence-corrected chi connectivity index (χ0v) is 11.1. The maximum atomic E-state index is 4.06. The van der Waals surface area contributed by atoms with Gasteiger partial charge in [0.05, 0.1) is 0 Å². The van der Waals surface area contributed by atoms with Gasteiger partial charge < -0.3 is 5.32 Å². The predicted octanol–water partition coefficient (Wildman–Crippen LogP) is 3.46. The van der Waals surface area contributed by atoms with E-state index in [0.717, 1.165) is 12.8 Å². The number of hydrogen-bond donors (Lipinski definition) is 1. The van der Waals surface area contributed by atoms with Crippen LogP contribution < -0.4 is 5.32 Å². The molecular formula is C12H25NS. The van der Waals surface area contributed by atoms with Gasteiger partial charge in [0.1, 0.15) is 0 Å². The van der Waals surface area contributed by atoms with Crippen LogP contribution in [0.25, 0.3) is 0 Å². The Labute approximate surface area is 93.7 Å². The fourth-order valence-corrected chi connectivity index (χ4v) is 2.07. The van der Waals surface area contributed by atoms with E-state index in [-0.39, 0.29) is 0 Å². The lowest BCUT2D eigenvalue weighted by Gasteiger charge is -2.23. The van der Waals surface area contributed by atoms with Crippen molar-refractivity contribution in [2.45, 2.75) is 51.3 Å². The smallest absolute Gasteiger partial charge is 0.0192 e. The van der Waals surface area contributed by atoms with Crippen molar-refractivity contribution in [1.29, 1.82) is 0 Å². The van der Waals surface area contributed by atoms with Gasteiger partial charge in [-0.05, 0) is 19.9 Å².